The van der Waals surface area contributed by atoms with Gasteiger partial charge in [-0.1, -0.05) is 0 Å². The van der Waals surface area contributed by atoms with Gasteiger partial charge in [0.15, 0.2) is 0 Å². The molecule has 0 aliphatic heterocycles. The molecule has 0 aromatic heterocycles. The van der Waals surface area contributed by atoms with E-state index in [1.54, 1.807) is 0 Å². The monoisotopic (exact) mass is 188 g/mol. The fourth-order valence-corrected chi connectivity index (χ4v) is 0. The molecular formula is C4H12Zn2. The Morgan fingerprint density at radius 3 is 0.333 bits per heavy atom. The maximum atomic E-state index is 0. The second kappa shape index (κ2) is 111. The average molecular weight is 191 g/mol. The van der Waals surface area contributed by atoms with Crippen LogP contribution in [0.15, 0.2) is 0 Å². The van der Waals surface area contributed by atoms with E-state index in [0.717, 1.165) is 0 Å². The summed E-state index contributed by atoms with van der Waals surface area (Å²) in [7, 11) is 0. The van der Waals surface area contributed by atoms with Crippen LogP contribution in [-0.4, -0.2) is 0 Å². The van der Waals surface area contributed by atoms with Crippen molar-refractivity contribution in [3.05, 3.63) is 29.7 Å². The van der Waals surface area contributed by atoms with Crippen LogP contribution in [0, 0.1) is 29.7 Å². The Hall–Kier alpha value is 1.25. The molecule has 32 valence electrons. The van der Waals surface area contributed by atoms with E-state index in [4.69, 9.17) is 0 Å². The number of hydrogen-bond donors (Lipinski definition) is 0. The Bertz CT molecular complexity index is 5.51. The Balaban J connectivity index is 0. The minimum atomic E-state index is 0. The summed E-state index contributed by atoms with van der Waals surface area (Å²) in [6.45, 7) is 0. The van der Waals surface area contributed by atoms with Crippen molar-refractivity contribution in [2.24, 2.45) is 0 Å². The van der Waals surface area contributed by atoms with E-state index in [9.17, 15) is 0 Å². The average Bonchev–Trinajstić information content (AvgIpc) is 0. The van der Waals surface area contributed by atoms with Crippen LogP contribution in [0.5, 0.6) is 0 Å². The van der Waals surface area contributed by atoms with Gasteiger partial charge in [-0.15, -0.1) is 0 Å². The maximum absolute atomic E-state index is 0. The van der Waals surface area contributed by atoms with Gasteiger partial charge in [-0.05, 0) is 0 Å². The standard InChI is InChI=1S/4CH3.2Zn/h4*1H3;;/q4*-1;2*+2. The van der Waals surface area contributed by atoms with Crippen molar-refractivity contribution in [1.29, 1.82) is 0 Å². The molecule has 0 nitrogen and oxygen atoms in total. The van der Waals surface area contributed by atoms with Crippen molar-refractivity contribution in [2.75, 3.05) is 0 Å². The molecule has 0 radical (unpaired) electrons. The summed E-state index contributed by atoms with van der Waals surface area (Å²) < 4.78 is 0. The van der Waals surface area contributed by atoms with Crippen LogP contribution in [0.4, 0.5) is 0 Å². The first-order chi connectivity index (χ1) is 0. The maximum Gasteiger partial charge on any atom is 2.00 e. The number of hydrogen-bond acceptors (Lipinski definition) is 0. The van der Waals surface area contributed by atoms with Crippen LogP contribution in [0.1, 0.15) is 0 Å². The van der Waals surface area contributed by atoms with E-state index in [2.05, 4.69) is 0 Å². The van der Waals surface area contributed by atoms with Gasteiger partial charge in [0.05, 0.1) is 0 Å². The van der Waals surface area contributed by atoms with Gasteiger partial charge in [-0.3, -0.25) is 0 Å². The molecule has 2 heteroatoms. The zero-order chi connectivity index (χ0) is 0. The largest absolute Gasteiger partial charge is 2.00 e. The third kappa shape index (κ3) is 60.9. The third-order valence-electron chi connectivity index (χ3n) is 0. The third-order valence-corrected chi connectivity index (χ3v) is 0. The molecule has 0 heterocycles. The normalized spacial score (nSPS) is 0. The topological polar surface area (TPSA) is 0 Å². The van der Waals surface area contributed by atoms with Crippen molar-refractivity contribution in [2.45, 2.75) is 0 Å². The van der Waals surface area contributed by atoms with E-state index in [1.807, 2.05) is 0 Å². The van der Waals surface area contributed by atoms with Crippen molar-refractivity contribution in [3.63, 3.8) is 0 Å². The molecule has 0 aliphatic carbocycles. The quantitative estimate of drug-likeness (QED) is 0.404. The predicted octanol–water partition coefficient (Wildman–Crippen LogP) is 1.80. The fourth-order valence-electron chi connectivity index (χ4n) is 0. The Morgan fingerprint density at radius 2 is 0.333 bits per heavy atom. The van der Waals surface area contributed by atoms with E-state index in [1.165, 1.54) is 0 Å². The van der Waals surface area contributed by atoms with Gasteiger partial charge in [0.2, 0.25) is 0 Å². The summed E-state index contributed by atoms with van der Waals surface area (Å²) in [6.07, 6.45) is 0. The smallest absolute Gasteiger partial charge is 0.358 e. The summed E-state index contributed by atoms with van der Waals surface area (Å²) in [6, 6.07) is 0. The van der Waals surface area contributed by atoms with Crippen LogP contribution in [-0.2, 0) is 39.0 Å². The molecule has 0 rings (SSSR count). The van der Waals surface area contributed by atoms with Gasteiger partial charge < -0.3 is 29.7 Å². The molecule has 0 atom stereocenters. The van der Waals surface area contributed by atoms with Crippen LogP contribution >= 0.6 is 0 Å². The number of rotatable bonds is 0. The minimum absolute atomic E-state index is 0. The first-order valence-corrected chi connectivity index (χ1v) is 0. The summed E-state index contributed by atoms with van der Waals surface area (Å²) in [5, 5.41) is 0. The molecule has 0 spiro atoms. The van der Waals surface area contributed by atoms with E-state index in [0.29, 0.717) is 0 Å². The van der Waals surface area contributed by atoms with Gasteiger partial charge >= 0.3 is 39.0 Å². The second-order valence-electron chi connectivity index (χ2n) is 0. The molecule has 6 heavy (non-hydrogen) atoms. The molecular weight excluding hydrogens is 179 g/mol. The van der Waals surface area contributed by atoms with Crippen LogP contribution < -0.4 is 0 Å². The Morgan fingerprint density at radius 1 is 0.333 bits per heavy atom. The van der Waals surface area contributed by atoms with E-state index < -0.39 is 0 Å². The van der Waals surface area contributed by atoms with Crippen molar-refractivity contribution < 1.29 is 39.0 Å². The van der Waals surface area contributed by atoms with Gasteiger partial charge in [0.25, 0.3) is 0 Å². The molecule has 0 N–H and O–H groups in total. The summed E-state index contributed by atoms with van der Waals surface area (Å²) in [4.78, 5) is 0. The first-order valence-electron chi connectivity index (χ1n) is 0. The van der Waals surface area contributed by atoms with Crippen LogP contribution in [0.25, 0.3) is 0 Å². The molecule has 0 aromatic rings. The molecule has 0 aliphatic rings. The Kier molecular flexibility index (Phi) is 3350. The molecule has 0 aromatic carbocycles. The Labute approximate surface area is 68.6 Å². The van der Waals surface area contributed by atoms with Gasteiger partial charge in [0, 0.05) is 0 Å². The van der Waals surface area contributed by atoms with Crippen molar-refractivity contribution >= 4 is 0 Å². The van der Waals surface area contributed by atoms with Gasteiger partial charge in [0.1, 0.15) is 0 Å². The van der Waals surface area contributed by atoms with Gasteiger partial charge in [-0.2, -0.15) is 0 Å². The zero-order valence-corrected chi connectivity index (χ0v) is 11.3. The van der Waals surface area contributed by atoms with Gasteiger partial charge in [-0.25, -0.2) is 0 Å². The molecule has 0 fully saturated rings. The fraction of sp³-hybridized carbons (Fsp3) is 0. The van der Waals surface area contributed by atoms with E-state index in [-0.39, 0.29) is 68.7 Å². The zero-order valence-electron chi connectivity index (χ0n) is 5.41. The predicted molar refractivity (Wildman–Crippen MR) is 25.7 cm³/mol. The second-order valence-corrected chi connectivity index (χ2v) is 0. The first kappa shape index (κ1) is 182. The minimum Gasteiger partial charge on any atom is -0.358 e. The van der Waals surface area contributed by atoms with E-state index >= 15 is 0 Å². The SMILES string of the molecule is [CH3-].[CH3-].[CH3-].[CH3-].[Zn+2].[Zn+2]. The van der Waals surface area contributed by atoms with Crippen LogP contribution in [0.3, 0.4) is 0 Å². The summed E-state index contributed by atoms with van der Waals surface area (Å²) >= 11 is 0. The molecule has 0 saturated carbocycles. The van der Waals surface area contributed by atoms with Crippen LogP contribution in [0.2, 0.25) is 0 Å². The molecule has 0 unspecified atom stereocenters. The summed E-state index contributed by atoms with van der Waals surface area (Å²) in [5.74, 6) is 0. The molecule has 0 saturated heterocycles. The van der Waals surface area contributed by atoms with Crippen molar-refractivity contribution in [1.82, 2.24) is 0 Å². The van der Waals surface area contributed by atoms with Crippen molar-refractivity contribution in [3.8, 4) is 0 Å². The molecule has 0 amide bonds. The molecule has 0 bridgehead atoms. The summed E-state index contributed by atoms with van der Waals surface area (Å²) in [5.41, 5.74) is 0.